The summed E-state index contributed by atoms with van der Waals surface area (Å²) in [7, 11) is 0. The molecule has 0 amide bonds. The normalized spacial score (nSPS) is 11.0. The van der Waals surface area contributed by atoms with Crippen LogP contribution >= 0.6 is 11.8 Å². The van der Waals surface area contributed by atoms with Crippen LogP contribution in [0.25, 0.3) is 16.6 Å². The molecule has 4 rings (SSSR count). The smallest absolute Gasteiger partial charge is 0.266 e. The SMILES string of the molecule is Cc1ccccc1-n1c(SCCCC(=O)c2ccc(F)cc2)nc2ccccc2c1=O. The van der Waals surface area contributed by atoms with Gasteiger partial charge < -0.3 is 0 Å². The molecule has 4 nitrogen and oxygen atoms in total. The molecule has 4 aromatic rings. The third kappa shape index (κ3) is 4.59. The quantitative estimate of drug-likeness (QED) is 0.165. The Balaban J connectivity index is 1.57. The van der Waals surface area contributed by atoms with Crippen LogP contribution in [0.15, 0.2) is 82.7 Å². The number of hydrogen-bond donors (Lipinski definition) is 0. The van der Waals surface area contributed by atoms with Gasteiger partial charge in [0.05, 0.1) is 16.6 Å². The minimum absolute atomic E-state index is 0.0247. The Kier molecular flexibility index (Phi) is 6.28. The summed E-state index contributed by atoms with van der Waals surface area (Å²) < 4.78 is 14.7. The van der Waals surface area contributed by atoms with E-state index in [4.69, 9.17) is 4.98 Å². The topological polar surface area (TPSA) is 52.0 Å². The predicted octanol–water partition coefficient (Wildman–Crippen LogP) is 5.59. The third-order valence-corrected chi connectivity index (χ3v) is 6.07. The Morgan fingerprint density at radius 1 is 1.00 bits per heavy atom. The number of hydrogen-bond acceptors (Lipinski definition) is 4. The second-order valence-electron chi connectivity index (χ2n) is 7.22. The average molecular weight is 433 g/mol. The molecule has 0 radical (unpaired) electrons. The van der Waals surface area contributed by atoms with E-state index >= 15 is 0 Å². The highest BCUT2D eigenvalue weighted by atomic mass is 32.2. The lowest BCUT2D eigenvalue weighted by atomic mass is 10.1. The van der Waals surface area contributed by atoms with E-state index in [-0.39, 0.29) is 17.2 Å². The van der Waals surface area contributed by atoms with Crippen LogP contribution in [-0.4, -0.2) is 21.1 Å². The number of ketones is 1. The molecule has 6 heteroatoms. The highest BCUT2D eigenvalue weighted by Gasteiger charge is 2.15. The van der Waals surface area contributed by atoms with E-state index in [1.165, 1.54) is 36.0 Å². The Labute approximate surface area is 183 Å². The zero-order valence-corrected chi connectivity index (χ0v) is 17.9. The molecule has 0 spiro atoms. The summed E-state index contributed by atoms with van der Waals surface area (Å²) in [5.41, 5.74) is 2.84. The Bertz CT molecular complexity index is 1300. The zero-order valence-electron chi connectivity index (χ0n) is 17.0. The standard InChI is InChI=1S/C25H21FN2O2S/c1-17-7-2-5-10-22(17)28-24(30)20-8-3-4-9-21(20)27-25(28)31-16-6-11-23(29)18-12-14-19(26)15-13-18/h2-5,7-10,12-15H,6,11,16H2,1H3. The maximum absolute atomic E-state index is 13.3. The summed E-state index contributed by atoms with van der Waals surface area (Å²) in [4.78, 5) is 30.3. The van der Waals surface area contributed by atoms with Crippen molar-refractivity contribution in [1.29, 1.82) is 0 Å². The van der Waals surface area contributed by atoms with Crippen molar-refractivity contribution in [1.82, 2.24) is 9.55 Å². The van der Waals surface area contributed by atoms with E-state index in [0.717, 1.165) is 11.3 Å². The molecule has 0 saturated heterocycles. The van der Waals surface area contributed by atoms with Crippen molar-refractivity contribution in [2.45, 2.75) is 24.9 Å². The van der Waals surface area contributed by atoms with Crippen LogP contribution in [0, 0.1) is 12.7 Å². The number of aryl methyl sites for hydroxylation is 1. The van der Waals surface area contributed by atoms with E-state index < -0.39 is 0 Å². The molecule has 0 aliphatic heterocycles. The number of rotatable bonds is 7. The minimum atomic E-state index is -0.358. The van der Waals surface area contributed by atoms with Crippen molar-refractivity contribution >= 4 is 28.4 Å². The van der Waals surface area contributed by atoms with Gasteiger partial charge in [0.15, 0.2) is 10.9 Å². The number of carbonyl (C=O) groups excluding carboxylic acids is 1. The number of para-hydroxylation sites is 2. The largest absolute Gasteiger partial charge is 0.294 e. The second kappa shape index (κ2) is 9.27. The van der Waals surface area contributed by atoms with Crippen molar-refractivity contribution in [3.05, 3.63) is 100 Å². The molecular weight excluding hydrogens is 411 g/mol. The van der Waals surface area contributed by atoms with Crippen molar-refractivity contribution in [3.8, 4) is 5.69 Å². The number of thioether (sulfide) groups is 1. The molecule has 156 valence electrons. The van der Waals surface area contributed by atoms with Gasteiger partial charge in [-0.1, -0.05) is 42.1 Å². The van der Waals surface area contributed by atoms with Gasteiger partial charge in [-0.05, 0) is 61.4 Å². The van der Waals surface area contributed by atoms with Gasteiger partial charge in [-0.2, -0.15) is 0 Å². The second-order valence-corrected chi connectivity index (χ2v) is 8.28. The number of benzene rings is 3. The summed E-state index contributed by atoms with van der Waals surface area (Å²) in [5.74, 6) is 0.246. The fourth-order valence-corrected chi connectivity index (χ4v) is 4.36. The molecule has 0 fully saturated rings. The first-order chi connectivity index (χ1) is 15.0. The van der Waals surface area contributed by atoms with Gasteiger partial charge in [0, 0.05) is 17.7 Å². The summed E-state index contributed by atoms with van der Waals surface area (Å²) >= 11 is 1.46. The Morgan fingerprint density at radius 3 is 2.48 bits per heavy atom. The molecule has 3 aromatic carbocycles. The molecule has 1 heterocycles. The van der Waals surface area contributed by atoms with Crippen LogP contribution in [0.5, 0.6) is 0 Å². The molecule has 0 saturated carbocycles. The number of carbonyl (C=O) groups is 1. The van der Waals surface area contributed by atoms with Crippen LogP contribution in [0.3, 0.4) is 0 Å². The van der Waals surface area contributed by atoms with E-state index in [1.54, 1.807) is 10.6 Å². The van der Waals surface area contributed by atoms with Crippen LogP contribution < -0.4 is 5.56 Å². The van der Waals surface area contributed by atoms with Crippen LogP contribution in [0.4, 0.5) is 4.39 Å². The monoisotopic (exact) mass is 432 g/mol. The van der Waals surface area contributed by atoms with E-state index in [2.05, 4.69) is 0 Å². The van der Waals surface area contributed by atoms with Crippen LogP contribution in [0.1, 0.15) is 28.8 Å². The average Bonchev–Trinajstić information content (AvgIpc) is 2.78. The number of fused-ring (bicyclic) bond motifs is 1. The van der Waals surface area contributed by atoms with Crippen molar-refractivity contribution in [2.24, 2.45) is 0 Å². The summed E-state index contributed by atoms with van der Waals surface area (Å²) in [5, 5.41) is 1.17. The molecule has 1 aromatic heterocycles. The highest BCUT2D eigenvalue weighted by molar-refractivity contribution is 7.99. The summed E-state index contributed by atoms with van der Waals surface area (Å²) in [6, 6.07) is 20.6. The fraction of sp³-hybridized carbons (Fsp3) is 0.160. The lowest BCUT2D eigenvalue weighted by Gasteiger charge is -2.15. The van der Waals surface area contributed by atoms with Gasteiger partial charge >= 0.3 is 0 Å². The number of aromatic nitrogens is 2. The maximum Gasteiger partial charge on any atom is 0.266 e. The molecule has 31 heavy (non-hydrogen) atoms. The molecule has 0 unspecified atom stereocenters. The molecule has 0 N–H and O–H groups in total. The molecular formula is C25H21FN2O2S. The van der Waals surface area contributed by atoms with Crippen LogP contribution in [-0.2, 0) is 0 Å². The third-order valence-electron chi connectivity index (χ3n) is 5.05. The van der Waals surface area contributed by atoms with Gasteiger partial charge in [-0.3, -0.25) is 14.2 Å². The summed E-state index contributed by atoms with van der Waals surface area (Å²) in [6.45, 7) is 1.97. The van der Waals surface area contributed by atoms with Gasteiger partial charge in [-0.25, -0.2) is 9.37 Å². The van der Waals surface area contributed by atoms with Crippen molar-refractivity contribution in [2.75, 3.05) is 5.75 Å². The highest BCUT2D eigenvalue weighted by Crippen LogP contribution is 2.24. The lowest BCUT2D eigenvalue weighted by Crippen LogP contribution is -2.22. The first-order valence-electron chi connectivity index (χ1n) is 10.0. The van der Waals surface area contributed by atoms with E-state index in [9.17, 15) is 14.0 Å². The lowest BCUT2D eigenvalue weighted by molar-refractivity contribution is 0.0982. The molecule has 0 aliphatic carbocycles. The minimum Gasteiger partial charge on any atom is -0.294 e. The van der Waals surface area contributed by atoms with Crippen molar-refractivity contribution < 1.29 is 9.18 Å². The van der Waals surface area contributed by atoms with Gasteiger partial charge in [0.25, 0.3) is 5.56 Å². The van der Waals surface area contributed by atoms with E-state index in [1.807, 2.05) is 49.4 Å². The summed E-state index contributed by atoms with van der Waals surface area (Å²) in [6.07, 6.45) is 0.970. The first-order valence-corrected chi connectivity index (χ1v) is 11.0. The zero-order chi connectivity index (χ0) is 21.8. The van der Waals surface area contributed by atoms with Crippen LogP contribution in [0.2, 0.25) is 0 Å². The van der Waals surface area contributed by atoms with Gasteiger partial charge in [0.1, 0.15) is 5.82 Å². The maximum atomic E-state index is 13.3. The Hall–Kier alpha value is -3.25. The van der Waals surface area contributed by atoms with Crippen molar-refractivity contribution in [3.63, 3.8) is 0 Å². The van der Waals surface area contributed by atoms with E-state index in [0.29, 0.717) is 40.2 Å². The predicted molar refractivity (Wildman–Crippen MR) is 123 cm³/mol. The number of halogens is 1. The number of Topliss-reactive ketones (excluding diaryl/α,β-unsaturated/α-hetero) is 1. The fourth-order valence-electron chi connectivity index (χ4n) is 3.41. The first kappa shape index (κ1) is 21.0. The number of nitrogens with zero attached hydrogens (tertiary/aromatic N) is 2. The molecule has 0 aliphatic rings. The van der Waals surface area contributed by atoms with Gasteiger partial charge in [-0.15, -0.1) is 0 Å². The molecule has 0 bridgehead atoms. The Morgan fingerprint density at radius 2 is 1.71 bits per heavy atom. The van der Waals surface area contributed by atoms with Gasteiger partial charge in [0.2, 0.25) is 0 Å². The molecule has 0 atom stereocenters.